The standard InChI is InChI=1S/C22H23ClN4O2S/c1-15-3-9-19(10-4-15)27-20(17-5-7-18(23)8-6-17)24-25-22(27)30-16(2)21(28)26-11-13-29-14-12-26/h3-10,16H,11-14H2,1-2H3. The van der Waals surface area contributed by atoms with Crippen molar-refractivity contribution in [3.8, 4) is 17.1 Å². The molecule has 1 saturated heterocycles. The molecule has 0 bridgehead atoms. The van der Waals surface area contributed by atoms with E-state index in [2.05, 4.69) is 29.3 Å². The molecule has 0 radical (unpaired) electrons. The number of carbonyl (C=O) groups is 1. The summed E-state index contributed by atoms with van der Waals surface area (Å²) in [5, 5.41) is 9.93. The first-order valence-corrected chi connectivity index (χ1v) is 11.1. The molecule has 0 spiro atoms. The molecule has 1 aromatic heterocycles. The zero-order chi connectivity index (χ0) is 21.1. The van der Waals surface area contributed by atoms with Crippen LogP contribution in [0.2, 0.25) is 5.02 Å². The molecular weight excluding hydrogens is 420 g/mol. The summed E-state index contributed by atoms with van der Waals surface area (Å²) < 4.78 is 7.36. The lowest BCUT2D eigenvalue weighted by Crippen LogP contribution is -2.44. The van der Waals surface area contributed by atoms with E-state index >= 15 is 0 Å². The lowest BCUT2D eigenvalue weighted by molar-refractivity contribution is -0.134. The second-order valence-corrected chi connectivity index (χ2v) is 8.93. The van der Waals surface area contributed by atoms with Gasteiger partial charge in [-0.1, -0.05) is 41.1 Å². The summed E-state index contributed by atoms with van der Waals surface area (Å²) in [5.41, 5.74) is 3.03. The zero-order valence-electron chi connectivity index (χ0n) is 16.9. The number of amides is 1. The Morgan fingerprint density at radius 2 is 1.73 bits per heavy atom. The van der Waals surface area contributed by atoms with Gasteiger partial charge in [0.05, 0.1) is 18.5 Å². The molecule has 3 aromatic rings. The first-order valence-electron chi connectivity index (χ1n) is 9.84. The molecular formula is C22H23ClN4O2S. The Bertz CT molecular complexity index is 1010. The molecule has 4 rings (SSSR count). The average molecular weight is 443 g/mol. The Balaban J connectivity index is 1.67. The van der Waals surface area contributed by atoms with Gasteiger partial charge in [-0.3, -0.25) is 9.36 Å². The Kier molecular flexibility index (Phi) is 6.41. The van der Waals surface area contributed by atoms with Crippen LogP contribution in [0.25, 0.3) is 17.1 Å². The lowest BCUT2D eigenvalue weighted by atomic mass is 10.2. The number of carbonyl (C=O) groups excluding carboxylic acids is 1. The fourth-order valence-corrected chi connectivity index (χ4v) is 4.39. The minimum absolute atomic E-state index is 0.0924. The second-order valence-electron chi connectivity index (χ2n) is 7.18. The van der Waals surface area contributed by atoms with Crippen LogP contribution in [0, 0.1) is 6.92 Å². The number of nitrogens with zero attached hydrogens (tertiary/aromatic N) is 4. The van der Waals surface area contributed by atoms with Gasteiger partial charge in [0.15, 0.2) is 11.0 Å². The highest BCUT2D eigenvalue weighted by atomic mass is 35.5. The third kappa shape index (κ3) is 4.53. The Morgan fingerprint density at radius 3 is 2.40 bits per heavy atom. The summed E-state index contributed by atoms with van der Waals surface area (Å²) in [4.78, 5) is 14.7. The average Bonchev–Trinajstić information content (AvgIpc) is 3.18. The van der Waals surface area contributed by atoms with Crippen LogP contribution in [0.5, 0.6) is 0 Å². The molecule has 1 atom stereocenters. The van der Waals surface area contributed by atoms with Crippen LogP contribution in [0.4, 0.5) is 0 Å². The number of ether oxygens (including phenoxy) is 1. The maximum atomic E-state index is 12.9. The van der Waals surface area contributed by atoms with Crippen molar-refractivity contribution in [1.29, 1.82) is 0 Å². The maximum absolute atomic E-state index is 12.9. The smallest absolute Gasteiger partial charge is 0.236 e. The molecule has 1 unspecified atom stereocenters. The Labute approximate surface area is 185 Å². The molecule has 1 fully saturated rings. The maximum Gasteiger partial charge on any atom is 0.236 e. The van der Waals surface area contributed by atoms with E-state index in [1.165, 1.54) is 17.3 Å². The van der Waals surface area contributed by atoms with E-state index in [4.69, 9.17) is 16.3 Å². The highest BCUT2D eigenvalue weighted by Crippen LogP contribution is 2.31. The van der Waals surface area contributed by atoms with E-state index in [0.717, 1.165) is 11.3 Å². The van der Waals surface area contributed by atoms with E-state index in [1.807, 2.05) is 52.8 Å². The fourth-order valence-electron chi connectivity index (χ4n) is 3.31. The summed E-state index contributed by atoms with van der Waals surface area (Å²) in [6.45, 7) is 6.40. The summed E-state index contributed by atoms with van der Waals surface area (Å²) in [5.74, 6) is 0.804. The first-order chi connectivity index (χ1) is 14.5. The van der Waals surface area contributed by atoms with E-state index in [1.54, 1.807) is 0 Å². The number of rotatable bonds is 5. The van der Waals surface area contributed by atoms with Gasteiger partial charge in [0.25, 0.3) is 0 Å². The van der Waals surface area contributed by atoms with Gasteiger partial charge in [0.1, 0.15) is 0 Å². The van der Waals surface area contributed by atoms with E-state index in [-0.39, 0.29) is 11.2 Å². The van der Waals surface area contributed by atoms with Crippen LogP contribution in [0.3, 0.4) is 0 Å². The SMILES string of the molecule is Cc1ccc(-n2c(SC(C)C(=O)N3CCOCC3)nnc2-c2ccc(Cl)cc2)cc1. The molecule has 2 heterocycles. The van der Waals surface area contributed by atoms with Gasteiger partial charge in [-0.05, 0) is 50.2 Å². The molecule has 1 amide bonds. The van der Waals surface area contributed by atoms with Gasteiger partial charge in [0.2, 0.25) is 5.91 Å². The minimum Gasteiger partial charge on any atom is -0.378 e. The molecule has 0 aliphatic carbocycles. The van der Waals surface area contributed by atoms with E-state index in [9.17, 15) is 4.79 Å². The molecule has 156 valence electrons. The normalized spacial score (nSPS) is 15.2. The Hall–Kier alpha value is -2.35. The predicted octanol–water partition coefficient (Wildman–Crippen LogP) is 4.24. The van der Waals surface area contributed by atoms with Crippen LogP contribution >= 0.6 is 23.4 Å². The molecule has 1 aliphatic heterocycles. The molecule has 0 N–H and O–H groups in total. The lowest BCUT2D eigenvalue weighted by Gasteiger charge is -2.28. The number of thioether (sulfide) groups is 1. The third-order valence-corrected chi connectivity index (χ3v) is 6.26. The topological polar surface area (TPSA) is 60.2 Å². The predicted molar refractivity (Wildman–Crippen MR) is 119 cm³/mol. The molecule has 2 aromatic carbocycles. The number of hydrogen-bond donors (Lipinski definition) is 0. The molecule has 0 saturated carbocycles. The number of hydrogen-bond acceptors (Lipinski definition) is 5. The van der Waals surface area contributed by atoms with Crippen molar-refractivity contribution in [2.45, 2.75) is 24.3 Å². The van der Waals surface area contributed by atoms with Gasteiger partial charge < -0.3 is 9.64 Å². The second kappa shape index (κ2) is 9.20. The van der Waals surface area contributed by atoms with Crippen molar-refractivity contribution in [3.05, 3.63) is 59.1 Å². The van der Waals surface area contributed by atoms with E-state index < -0.39 is 0 Å². The minimum atomic E-state index is -0.283. The molecule has 6 nitrogen and oxygen atoms in total. The van der Waals surface area contributed by atoms with Crippen molar-refractivity contribution in [1.82, 2.24) is 19.7 Å². The summed E-state index contributed by atoms with van der Waals surface area (Å²) in [6, 6.07) is 15.7. The quantitative estimate of drug-likeness (QED) is 0.553. The van der Waals surface area contributed by atoms with Crippen LogP contribution in [-0.4, -0.2) is 57.1 Å². The van der Waals surface area contributed by atoms with Crippen molar-refractivity contribution < 1.29 is 9.53 Å². The van der Waals surface area contributed by atoms with Crippen LogP contribution in [0.1, 0.15) is 12.5 Å². The van der Waals surface area contributed by atoms with Gasteiger partial charge in [0, 0.05) is 29.4 Å². The molecule has 8 heteroatoms. The van der Waals surface area contributed by atoms with Crippen molar-refractivity contribution in [3.63, 3.8) is 0 Å². The highest BCUT2D eigenvalue weighted by Gasteiger charge is 2.26. The van der Waals surface area contributed by atoms with Gasteiger partial charge in [-0.25, -0.2) is 0 Å². The van der Waals surface area contributed by atoms with Gasteiger partial charge in [-0.2, -0.15) is 0 Å². The van der Waals surface area contributed by atoms with Crippen molar-refractivity contribution in [2.24, 2.45) is 0 Å². The monoisotopic (exact) mass is 442 g/mol. The highest BCUT2D eigenvalue weighted by molar-refractivity contribution is 8.00. The number of benzene rings is 2. The number of halogens is 1. The summed E-state index contributed by atoms with van der Waals surface area (Å²) in [7, 11) is 0. The zero-order valence-corrected chi connectivity index (χ0v) is 18.5. The number of aromatic nitrogens is 3. The third-order valence-electron chi connectivity index (χ3n) is 4.98. The van der Waals surface area contributed by atoms with Gasteiger partial charge in [-0.15, -0.1) is 10.2 Å². The van der Waals surface area contributed by atoms with Crippen LogP contribution < -0.4 is 0 Å². The van der Waals surface area contributed by atoms with Crippen LogP contribution in [-0.2, 0) is 9.53 Å². The Morgan fingerprint density at radius 1 is 1.07 bits per heavy atom. The van der Waals surface area contributed by atoms with E-state index in [0.29, 0.717) is 42.3 Å². The van der Waals surface area contributed by atoms with Crippen LogP contribution in [0.15, 0.2) is 53.7 Å². The largest absolute Gasteiger partial charge is 0.378 e. The number of morpholine rings is 1. The number of aryl methyl sites for hydroxylation is 1. The van der Waals surface area contributed by atoms with Crippen molar-refractivity contribution >= 4 is 29.3 Å². The fraction of sp³-hybridized carbons (Fsp3) is 0.318. The van der Waals surface area contributed by atoms with Crippen molar-refractivity contribution in [2.75, 3.05) is 26.3 Å². The summed E-state index contributed by atoms with van der Waals surface area (Å²) in [6.07, 6.45) is 0. The van der Waals surface area contributed by atoms with Gasteiger partial charge >= 0.3 is 0 Å². The first kappa shape index (κ1) is 20.9. The molecule has 30 heavy (non-hydrogen) atoms. The molecule has 1 aliphatic rings. The summed E-state index contributed by atoms with van der Waals surface area (Å²) >= 11 is 7.48.